The van der Waals surface area contributed by atoms with E-state index in [1.807, 2.05) is 0 Å². The van der Waals surface area contributed by atoms with Gasteiger partial charge in [-0.05, 0) is 36.8 Å². The molecule has 0 saturated heterocycles. The maximum atomic E-state index is 13.3. The van der Waals surface area contributed by atoms with Crippen LogP contribution in [0.3, 0.4) is 0 Å². The van der Waals surface area contributed by atoms with Crippen LogP contribution in [0.2, 0.25) is 0 Å². The fourth-order valence-corrected chi connectivity index (χ4v) is 2.21. The van der Waals surface area contributed by atoms with Gasteiger partial charge in [0.25, 0.3) is 11.6 Å². The van der Waals surface area contributed by atoms with Crippen molar-refractivity contribution >= 4 is 17.3 Å². The molecule has 0 heterocycles. The Hall–Kier alpha value is -3.03. The van der Waals surface area contributed by atoms with E-state index in [1.165, 1.54) is 30.1 Å². The average molecular weight is 335 g/mol. The Balaban J connectivity index is 2.30. The van der Waals surface area contributed by atoms with Gasteiger partial charge in [0, 0.05) is 18.7 Å². The number of carbonyl (C=O) groups is 1. The molecule has 24 heavy (non-hydrogen) atoms. The number of hydrogen-bond donors (Lipinski definition) is 1. The number of rotatable bonds is 4. The molecule has 1 unspecified atom stereocenters. The number of halogens is 2. The van der Waals surface area contributed by atoms with Crippen molar-refractivity contribution < 1.29 is 18.5 Å². The third-order valence-electron chi connectivity index (χ3n) is 3.80. The summed E-state index contributed by atoms with van der Waals surface area (Å²) in [6.45, 7) is 1.64. The van der Waals surface area contributed by atoms with Crippen molar-refractivity contribution in [2.75, 3.05) is 12.8 Å². The van der Waals surface area contributed by atoms with Gasteiger partial charge in [-0.15, -0.1) is 0 Å². The number of hydrogen-bond acceptors (Lipinski definition) is 4. The minimum Gasteiger partial charge on any atom is -0.393 e. The number of benzene rings is 2. The van der Waals surface area contributed by atoms with E-state index in [0.29, 0.717) is 5.56 Å². The minimum atomic E-state index is -1.01. The molecule has 0 aliphatic rings. The summed E-state index contributed by atoms with van der Waals surface area (Å²) in [5, 5.41) is 10.9. The van der Waals surface area contributed by atoms with Gasteiger partial charge in [0.15, 0.2) is 11.6 Å². The molecule has 2 aromatic rings. The van der Waals surface area contributed by atoms with Gasteiger partial charge in [0.2, 0.25) is 0 Å². The Morgan fingerprint density at radius 2 is 1.88 bits per heavy atom. The zero-order valence-electron chi connectivity index (χ0n) is 13.0. The number of nitro benzene ring substituents is 1. The summed E-state index contributed by atoms with van der Waals surface area (Å²) in [7, 11) is 1.47. The van der Waals surface area contributed by atoms with Crippen molar-refractivity contribution in [2.45, 2.75) is 13.0 Å². The number of carbonyl (C=O) groups excluding carboxylic acids is 1. The van der Waals surface area contributed by atoms with Crippen LogP contribution in [0.4, 0.5) is 20.2 Å². The van der Waals surface area contributed by atoms with Crippen LogP contribution in [0.1, 0.15) is 28.9 Å². The maximum Gasteiger partial charge on any atom is 0.292 e. The first kappa shape index (κ1) is 17.3. The predicted octanol–water partition coefficient (Wildman–Crippen LogP) is 3.29. The molecular formula is C16H15F2N3O3. The molecule has 0 bridgehead atoms. The van der Waals surface area contributed by atoms with E-state index in [0.717, 1.165) is 18.2 Å². The first-order valence-electron chi connectivity index (χ1n) is 6.98. The Bertz CT molecular complexity index is 811. The molecule has 6 nitrogen and oxygen atoms in total. The van der Waals surface area contributed by atoms with Gasteiger partial charge in [-0.1, -0.05) is 6.07 Å². The van der Waals surface area contributed by atoms with Crippen molar-refractivity contribution in [3.63, 3.8) is 0 Å². The molecule has 0 aromatic heterocycles. The van der Waals surface area contributed by atoms with Crippen LogP contribution in [0.25, 0.3) is 0 Å². The second-order valence-corrected chi connectivity index (χ2v) is 5.30. The Morgan fingerprint density at radius 3 is 2.46 bits per heavy atom. The van der Waals surface area contributed by atoms with Crippen molar-refractivity contribution in [3.05, 3.63) is 69.3 Å². The van der Waals surface area contributed by atoms with Crippen LogP contribution >= 0.6 is 0 Å². The molecule has 1 amide bonds. The standard InChI is InChI=1S/C16H15F2N3O3/c1-9(10-3-5-12(17)13(18)7-10)20(2)16(22)11-4-6-14(19)15(8-11)21(23)24/h3-9H,19H2,1-2H3. The van der Waals surface area contributed by atoms with Gasteiger partial charge in [0.1, 0.15) is 5.69 Å². The van der Waals surface area contributed by atoms with Crippen molar-refractivity contribution in [2.24, 2.45) is 0 Å². The summed E-state index contributed by atoms with van der Waals surface area (Å²) in [5.74, 6) is -2.49. The predicted molar refractivity (Wildman–Crippen MR) is 84.4 cm³/mol. The van der Waals surface area contributed by atoms with Crippen molar-refractivity contribution in [1.29, 1.82) is 0 Å². The van der Waals surface area contributed by atoms with Crippen LogP contribution in [0, 0.1) is 21.7 Å². The summed E-state index contributed by atoms with van der Waals surface area (Å²) in [6.07, 6.45) is 0. The number of nitrogens with zero attached hydrogens (tertiary/aromatic N) is 2. The van der Waals surface area contributed by atoms with Gasteiger partial charge >= 0.3 is 0 Å². The highest BCUT2D eigenvalue weighted by atomic mass is 19.2. The molecule has 0 aliphatic carbocycles. The molecule has 2 rings (SSSR count). The lowest BCUT2D eigenvalue weighted by Crippen LogP contribution is -2.29. The van der Waals surface area contributed by atoms with Crippen LogP contribution in [0.5, 0.6) is 0 Å². The normalized spacial score (nSPS) is 11.8. The maximum absolute atomic E-state index is 13.3. The van der Waals surface area contributed by atoms with E-state index in [4.69, 9.17) is 5.73 Å². The number of anilines is 1. The molecule has 126 valence electrons. The lowest BCUT2D eigenvalue weighted by atomic mass is 10.1. The average Bonchev–Trinajstić information content (AvgIpc) is 2.55. The van der Waals surface area contributed by atoms with Crippen LogP contribution in [0.15, 0.2) is 36.4 Å². The highest BCUT2D eigenvalue weighted by Crippen LogP contribution is 2.26. The van der Waals surface area contributed by atoms with Crippen molar-refractivity contribution in [1.82, 2.24) is 4.90 Å². The third kappa shape index (κ3) is 3.32. The summed E-state index contributed by atoms with van der Waals surface area (Å²) < 4.78 is 26.4. The Labute approximate surface area is 136 Å². The van der Waals surface area contributed by atoms with E-state index in [2.05, 4.69) is 0 Å². The molecule has 0 aliphatic heterocycles. The first-order valence-corrected chi connectivity index (χ1v) is 6.98. The van der Waals surface area contributed by atoms with E-state index in [1.54, 1.807) is 6.92 Å². The molecule has 2 aromatic carbocycles. The summed E-state index contributed by atoms with van der Waals surface area (Å²) >= 11 is 0. The smallest absolute Gasteiger partial charge is 0.292 e. The van der Waals surface area contributed by atoms with E-state index in [-0.39, 0.29) is 16.9 Å². The lowest BCUT2D eigenvalue weighted by molar-refractivity contribution is -0.383. The molecule has 2 N–H and O–H groups in total. The summed E-state index contributed by atoms with van der Waals surface area (Å²) in [5.41, 5.74) is 5.56. The van der Waals surface area contributed by atoms with E-state index in [9.17, 15) is 23.7 Å². The monoisotopic (exact) mass is 335 g/mol. The van der Waals surface area contributed by atoms with E-state index >= 15 is 0 Å². The first-order chi connectivity index (χ1) is 11.2. The number of amides is 1. The molecule has 1 atom stereocenters. The zero-order chi connectivity index (χ0) is 18.0. The second kappa shape index (κ2) is 6.61. The quantitative estimate of drug-likeness (QED) is 0.527. The molecule has 0 spiro atoms. The molecule has 8 heteroatoms. The molecule has 0 saturated carbocycles. The highest BCUT2D eigenvalue weighted by Gasteiger charge is 2.22. The molecule has 0 radical (unpaired) electrons. The number of nitrogens with two attached hydrogens (primary N) is 1. The SMILES string of the molecule is CC(c1ccc(F)c(F)c1)N(C)C(=O)c1ccc(N)c([N+](=O)[O-])c1. The summed E-state index contributed by atoms with van der Waals surface area (Å²) in [6, 6.07) is 6.54. The molecular weight excluding hydrogens is 320 g/mol. The highest BCUT2D eigenvalue weighted by molar-refractivity contribution is 5.95. The lowest BCUT2D eigenvalue weighted by Gasteiger charge is -2.25. The van der Waals surface area contributed by atoms with Crippen LogP contribution in [-0.2, 0) is 0 Å². The van der Waals surface area contributed by atoms with Crippen molar-refractivity contribution in [3.8, 4) is 0 Å². The second-order valence-electron chi connectivity index (χ2n) is 5.30. The zero-order valence-corrected chi connectivity index (χ0v) is 13.0. The fraction of sp³-hybridized carbons (Fsp3) is 0.188. The largest absolute Gasteiger partial charge is 0.393 e. The molecule has 0 fully saturated rings. The van der Waals surface area contributed by atoms with Gasteiger partial charge in [-0.25, -0.2) is 8.78 Å². The van der Waals surface area contributed by atoms with Gasteiger partial charge in [-0.3, -0.25) is 14.9 Å². The van der Waals surface area contributed by atoms with Crippen LogP contribution in [-0.4, -0.2) is 22.8 Å². The van der Waals surface area contributed by atoms with Gasteiger partial charge < -0.3 is 10.6 Å². The summed E-state index contributed by atoms with van der Waals surface area (Å²) in [4.78, 5) is 24.0. The van der Waals surface area contributed by atoms with Crippen LogP contribution < -0.4 is 5.73 Å². The van der Waals surface area contributed by atoms with Gasteiger partial charge in [0.05, 0.1) is 11.0 Å². The third-order valence-corrected chi connectivity index (χ3v) is 3.80. The topological polar surface area (TPSA) is 89.5 Å². The number of nitro groups is 1. The minimum absolute atomic E-state index is 0.0483. The fourth-order valence-electron chi connectivity index (χ4n) is 2.21. The Morgan fingerprint density at radius 1 is 1.21 bits per heavy atom. The number of nitrogen functional groups attached to an aromatic ring is 1. The van der Waals surface area contributed by atoms with E-state index < -0.39 is 28.5 Å². The Kier molecular flexibility index (Phi) is 4.77. The van der Waals surface area contributed by atoms with Gasteiger partial charge in [-0.2, -0.15) is 0 Å².